The Balaban J connectivity index is 1.94. The van der Waals surface area contributed by atoms with E-state index in [0.29, 0.717) is 11.3 Å². The molecule has 1 heterocycles. The number of alkyl halides is 3. The van der Waals surface area contributed by atoms with Crippen molar-refractivity contribution in [1.29, 1.82) is 0 Å². The molecule has 0 saturated carbocycles. The summed E-state index contributed by atoms with van der Waals surface area (Å²) in [6.45, 7) is -0.0119. The van der Waals surface area contributed by atoms with Crippen LogP contribution in [-0.4, -0.2) is 25.7 Å². The Morgan fingerprint density at radius 2 is 1.86 bits per heavy atom. The molecule has 0 aliphatic carbocycles. The number of aromatic nitrogens is 1. The largest absolute Gasteiger partial charge is 0.427 e. The zero-order valence-electron chi connectivity index (χ0n) is 10.6. The third-order valence-corrected chi connectivity index (χ3v) is 5.27. The van der Waals surface area contributed by atoms with Crippen LogP contribution in [0.1, 0.15) is 4.88 Å². The Labute approximate surface area is 123 Å². The Hall–Kier alpha value is -1.61. The first kappa shape index (κ1) is 15.8. The molecule has 0 saturated heterocycles. The zero-order valence-corrected chi connectivity index (χ0v) is 12.2. The SMILES string of the molecule is O=S(=O)(CCNc1ncc(C(F)(F)F)s1)c1ccccc1. The average molecular weight is 336 g/mol. The number of hydrogen-bond donors (Lipinski definition) is 1. The topological polar surface area (TPSA) is 59.1 Å². The zero-order chi connectivity index (χ0) is 15.5. The van der Waals surface area contributed by atoms with Crippen molar-refractivity contribution >= 4 is 26.3 Å². The fourth-order valence-corrected chi connectivity index (χ4v) is 3.41. The van der Waals surface area contributed by atoms with Gasteiger partial charge < -0.3 is 5.32 Å². The minimum Gasteiger partial charge on any atom is -0.360 e. The van der Waals surface area contributed by atoms with Gasteiger partial charge in [-0.05, 0) is 12.1 Å². The van der Waals surface area contributed by atoms with E-state index in [2.05, 4.69) is 10.3 Å². The van der Waals surface area contributed by atoms with Crippen LogP contribution in [0.3, 0.4) is 0 Å². The van der Waals surface area contributed by atoms with Crippen molar-refractivity contribution < 1.29 is 21.6 Å². The standard InChI is InChI=1S/C12H11F3N2O2S2/c13-12(14,15)10-8-17-11(20-10)16-6-7-21(18,19)9-4-2-1-3-5-9/h1-5,8H,6-7H2,(H,16,17). The molecule has 9 heteroatoms. The molecule has 21 heavy (non-hydrogen) atoms. The number of halogens is 3. The van der Waals surface area contributed by atoms with Crippen molar-refractivity contribution in [2.75, 3.05) is 17.6 Å². The average Bonchev–Trinajstić information content (AvgIpc) is 2.88. The molecule has 1 N–H and O–H groups in total. The summed E-state index contributed by atoms with van der Waals surface area (Å²) in [6.07, 6.45) is -3.72. The number of benzene rings is 1. The van der Waals surface area contributed by atoms with Crippen LogP contribution in [0.25, 0.3) is 0 Å². The number of nitrogens with zero attached hydrogens (tertiary/aromatic N) is 1. The first-order valence-electron chi connectivity index (χ1n) is 5.84. The molecule has 4 nitrogen and oxygen atoms in total. The summed E-state index contributed by atoms with van der Waals surface area (Å²) in [7, 11) is -3.46. The number of nitrogens with one attached hydrogen (secondary N) is 1. The molecular weight excluding hydrogens is 325 g/mol. The van der Waals surface area contributed by atoms with Crippen LogP contribution in [0.4, 0.5) is 18.3 Å². The van der Waals surface area contributed by atoms with E-state index >= 15 is 0 Å². The maximum absolute atomic E-state index is 12.4. The molecule has 0 atom stereocenters. The third kappa shape index (κ3) is 4.18. The van der Waals surface area contributed by atoms with Gasteiger partial charge in [0, 0.05) is 6.54 Å². The first-order valence-corrected chi connectivity index (χ1v) is 8.30. The van der Waals surface area contributed by atoms with Gasteiger partial charge in [-0.15, -0.1) is 0 Å². The van der Waals surface area contributed by atoms with E-state index in [0.717, 1.165) is 6.20 Å². The number of hydrogen-bond acceptors (Lipinski definition) is 5. The summed E-state index contributed by atoms with van der Waals surface area (Å²) in [4.78, 5) is 2.93. The second-order valence-corrected chi connectivity index (χ2v) is 7.23. The van der Waals surface area contributed by atoms with Gasteiger partial charge in [0.2, 0.25) is 0 Å². The fraction of sp³-hybridized carbons (Fsp3) is 0.250. The molecule has 0 unspecified atom stereocenters. The lowest BCUT2D eigenvalue weighted by Gasteiger charge is -2.05. The molecule has 0 amide bonds. The molecule has 0 spiro atoms. The van der Waals surface area contributed by atoms with Gasteiger partial charge in [-0.1, -0.05) is 29.5 Å². The van der Waals surface area contributed by atoms with Gasteiger partial charge in [0.25, 0.3) is 0 Å². The van der Waals surface area contributed by atoms with Gasteiger partial charge in [0.05, 0.1) is 16.8 Å². The Morgan fingerprint density at radius 3 is 2.43 bits per heavy atom. The van der Waals surface area contributed by atoms with Crippen molar-refractivity contribution in [1.82, 2.24) is 4.98 Å². The second-order valence-electron chi connectivity index (χ2n) is 4.09. The molecule has 2 aromatic rings. The highest BCUT2D eigenvalue weighted by Gasteiger charge is 2.33. The molecule has 0 bridgehead atoms. The van der Waals surface area contributed by atoms with Crippen LogP contribution in [0.2, 0.25) is 0 Å². The van der Waals surface area contributed by atoms with Crippen LogP contribution in [0, 0.1) is 0 Å². The lowest BCUT2D eigenvalue weighted by atomic mass is 10.4. The van der Waals surface area contributed by atoms with E-state index in [9.17, 15) is 21.6 Å². The Bertz CT molecular complexity index is 697. The maximum atomic E-state index is 12.4. The van der Waals surface area contributed by atoms with Crippen LogP contribution in [-0.2, 0) is 16.0 Å². The molecule has 0 aliphatic rings. The summed E-state index contributed by atoms with van der Waals surface area (Å²) in [5, 5.41) is 2.64. The van der Waals surface area contributed by atoms with E-state index in [1.807, 2.05) is 0 Å². The van der Waals surface area contributed by atoms with Crippen LogP contribution in [0.15, 0.2) is 41.4 Å². The molecule has 0 radical (unpaired) electrons. The predicted molar refractivity (Wildman–Crippen MR) is 74.1 cm³/mol. The van der Waals surface area contributed by atoms with E-state index in [4.69, 9.17) is 0 Å². The summed E-state index contributed by atoms with van der Waals surface area (Å²) < 4.78 is 61.0. The predicted octanol–water partition coefficient (Wildman–Crippen LogP) is 3.05. The number of anilines is 1. The van der Waals surface area contributed by atoms with Gasteiger partial charge in [0.1, 0.15) is 4.88 Å². The van der Waals surface area contributed by atoms with Gasteiger partial charge in [0.15, 0.2) is 15.0 Å². The monoisotopic (exact) mass is 336 g/mol. The molecule has 1 aromatic heterocycles. The molecular formula is C12H11F3N2O2S2. The van der Waals surface area contributed by atoms with Crippen molar-refractivity contribution in [2.45, 2.75) is 11.1 Å². The molecule has 0 fully saturated rings. The minimum atomic E-state index is -4.44. The molecule has 2 rings (SSSR count). The summed E-state index contributed by atoms with van der Waals surface area (Å²) in [5.74, 6) is -0.224. The van der Waals surface area contributed by atoms with Gasteiger partial charge in [-0.2, -0.15) is 13.2 Å². The number of thiazole rings is 1. The van der Waals surface area contributed by atoms with Gasteiger partial charge in [-0.3, -0.25) is 0 Å². The highest BCUT2D eigenvalue weighted by atomic mass is 32.2. The number of sulfone groups is 1. The quantitative estimate of drug-likeness (QED) is 0.912. The van der Waals surface area contributed by atoms with E-state index in [1.54, 1.807) is 18.2 Å². The van der Waals surface area contributed by atoms with Crippen molar-refractivity contribution in [3.8, 4) is 0 Å². The minimum absolute atomic E-state index is 0.0119. The van der Waals surface area contributed by atoms with Gasteiger partial charge >= 0.3 is 6.18 Å². The van der Waals surface area contributed by atoms with Crippen LogP contribution < -0.4 is 5.32 Å². The first-order chi connectivity index (χ1) is 9.79. The van der Waals surface area contributed by atoms with E-state index < -0.39 is 20.9 Å². The van der Waals surface area contributed by atoms with E-state index in [1.165, 1.54) is 12.1 Å². The van der Waals surface area contributed by atoms with Crippen LogP contribution >= 0.6 is 11.3 Å². The Morgan fingerprint density at radius 1 is 1.19 bits per heavy atom. The molecule has 1 aromatic carbocycles. The summed E-state index contributed by atoms with van der Waals surface area (Å²) in [5.41, 5.74) is 0. The van der Waals surface area contributed by atoms with Crippen molar-refractivity contribution in [2.24, 2.45) is 0 Å². The lowest BCUT2D eigenvalue weighted by Crippen LogP contribution is -2.15. The van der Waals surface area contributed by atoms with Crippen molar-refractivity contribution in [3.63, 3.8) is 0 Å². The van der Waals surface area contributed by atoms with E-state index in [-0.39, 0.29) is 22.3 Å². The second kappa shape index (κ2) is 6.02. The number of rotatable bonds is 5. The van der Waals surface area contributed by atoms with Crippen molar-refractivity contribution in [3.05, 3.63) is 41.4 Å². The normalized spacial score (nSPS) is 12.3. The Kier molecular flexibility index (Phi) is 4.52. The summed E-state index contributed by atoms with van der Waals surface area (Å²) >= 11 is 0.444. The van der Waals surface area contributed by atoms with Crippen LogP contribution in [0.5, 0.6) is 0 Å². The smallest absolute Gasteiger partial charge is 0.360 e. The summed E-state index contributed by atoms with van der Waals surface area (Å²) in [6, 6.07) is 7.86. The van der Waals surface area contributed by atoms with Gasteiger partial charge in [-0.25, -0.2) is 13.4 Å². The fourth-order valence-electron chi connectivity index (χ4n) is 1.52. The highest BCUT2D eigenvalue weighted by Crippen LogP contribution is 2.34. The molecule has 114 valence electrons. The lowest BCUT2D eigenvalue weighted by molar-refractivity contribution is -0.134. The third-order valence-electron chi connectivity index (χ3n) is 2.53. The molecule has 0 aliphatic heterocycles. The highest BCUT2D eigenvalue weighted by molar-refractivity contribution is 7.91. The maximum Gasteiger partial charge on any atom is 0.427 e.